The Kier molecular flexibility index (Phi) is 6.75. The molecule has 1 heterocycles. The highest BCUT2D eigenvalue weighted by Crippen LogP contribution is 2.15. The molecule has 1 aliphatic heterocycles. The zero-order valence-electron chi connectivity index (χ0n) is 12.5. The van der Waals surface area contributed by atoms with Crippen LogP contribution in [-0.4, -0.2) is 37.0 Å². The molecule has 0 aromatic heterocycles. The van der Waals surface area contributed by atoms with E-state index in [1.165, 1.54) is 30.5 Å². The van der Waals surface area contributed by atoms with Gasteiger partial charge in [-0.05, 0) is 63.5 Å². The Hall–Kier alpha value is -0.820. The lowest BCUT2D eigenvalue weighted by molar-refractivity contribution is 0.317. The van der Waals surface area contributed by atoms with Crippen LogP contribution in [0.1, 0.15) is 24.0 Å². The van der Waals surface area contributed by atoms with Crippen molar-refractivity contribution in [3.63, 3.8) is 0 Å². The van der Waals surface area contributed by atoms with Crippen LogP contribution in [0, 0.1) is 13.8 Å². The van der Waals surface area contributed by atoms with Crippen LogP contribution in [0.15, 0.2) is 23.2 Å². The first-order valence-corrected chi connectivity index (χ1v) is 6.90. The number of nitrogens with zero attached hydrogens (tertiary/aromatic N) is 2. The van der Waals surface area contributed by atoms with Crippen molar-refractivity contribution < 1.29 is 0 Å². The monoisotopic (exact) mass is 388 g/mol. The van der Waals surface area contributed by atoms with E-state index in [9.17, 15) is 0 Å². The summed E-state index contributed by atoms with van der Waals surface area (Å²) < 4.78 is 0. The lowest BCUT2D eigenvalue weighted by Crippen LogP contribution is -2.30. The standard InChI is InChI=1S/C15H24N4.HI/c1-11-7-12(2)9-13(8-11)18-15(16)17-10-14-5-4-6-19(14)3;/h7-9,14H,4-6,10H2,1-3H3,(H3,16,17,18);1H. The van der Waals surface area contributed by atoms with E-state index >= 15 is 0 Å². The fourth-order valence-electron chi connectivity index (χ4n) is 2.65. The number of anilines is 1. The molecular weight excluding hydrogens is 363 g/mol. The number of halogens is 1. The third-order valence-electron chi connectivity index (χ3n) is 3.64. The number of rotatable bonds is 3. The van der Waals surface area contributed by atoms with Crippen molar-refractivity contribution in [1.82, 2.24) is 4.90 Å². The van der Waals surface area contributed by atoms with Gasteiger partial charge in [0.1, 0.15) is 0 Å². The van der Waals surface area contributed by atoms with E-state index in [2.05, 4.69) is 54.3 Å². The summed E-state index contributed by atoms with van der Waals surface area (Å²) in [5, 5.41) is 3.17. The average Bonchev–Trinajstić information content (AvgIpc) is 2.71. The number of nitrogens with one attached hydrogen (secondary N) is 1. The molecule has 1 aromatic rings. The molecule has 1 fully saturated rings. The summed E-state index contributed by atoms with van der Waals surface area (Å²) in [5.74, 6) is 0.505. The molecule has 0 aliphatic carbocycles. The van der Waals surface area contributed by atoms with Crippen LogP contribution in [0.5, 0.6) is 0 Å². The van der Waals surface area contributed by atoms with Gasteiger partial charge in [-0.2, -0.15) is 0 Å². The summed E-state index contributed by atoms with van der Waals surface area (Å²) in [5.41, 5.74) is 9.42. The van der Waals surface area contributed by atoms with Crippen molar-refractivity contribution in [2.24, 2.45) is 10.7 Å². The van der Waals surface area contributed by atoms with Crippen LogP contribution in [0.25, 0.3) is 0 Å². The van der Waals surface area contributed by atoms with Crippen LogP contribution in [0.3, 0.4) is 0 Å². The minimum Gasteiger partial charge on any atom is -0.370 e. The van der Waals surface area contributed by atoms with Crippen molar-refractivity contribution in [3.05, 3.63) is 29.3 Å². The Morgan fingerprint density at radius 3 is 2.55 bits per heavy atom. The third-order valence-corrected chi connectivity index (χ3v) is 3.64. The van der Waals surface area contributed by atoms with Gasteiger partial charge in [-0.25, -0.2) is 0 Å². The number of nitrogens with two attached hydrogens (primary N) is 1. The van der Waals surface area contributed by atoms with E-state index in [0.717, 1.165) is 12.2 Å². The van der Waals surface area contributed by atoms with Gasteiger partial charge in [0, 0.05) is 11.7 Å². The van der Waals surface area contributed by atoms with Gasteiger partial charge in [0.2, 0.25) is 0 Å². The first kappa shape index (κ1) is 17.2. The molecule has 2 rings (SSSR count). The van der Waals surface area contributed by atoms with Gasteiger partial charge < -0.3 is 16.0 Å². The van der Waals surface area contributed by atoms with Crippen molar-refractivity contribution in [1.29, 1.82) is 0 Å². The predicted octanol–water partition coefficient (Wildman–Crippen LogP) is 2.74. The van der Waals surface area contributed by atoms with Crippen LogP contribution in [-0.2, 0) is 0 Å². The minimum absolute atomic E-state index is 0. The summed E-state index contributed by atoms with van der Waals surface area (Å²) in [6, 6.07) is 6.85. The van der Waals surface area contributed by atoms with Crippen molar-refractivity contribution >= 4 is 35.6 Å². The van der Waals surface area contributed by atoms with Crippen molar-refractivity contribution in [2.45, 2.75) is 32.7 Å². The number of likely N-dealkylation sites (tertiary alicyclic amines) is 1. The molecule has 5 heteroatoms. The second-order valence-electron chi connectivity index (χ2n) is 5.50. The molecule has 112 valence electrons. The molecule has 0 bridgehead atoms. The first-order valence-electron chi connectivity index (χ1n) is 6.90. The number of aryl methyl sites for hydroxylation is 2. The van der Waals surface area contributed by atoms with E-state index in [0.29, 0.717) is 12.0 Å². The van der Waals surface area contributed by atoms with Gasteiger partial charge in [0.15, 0.2) is 5.96 Å². The maximum Gasteiger partial charge on any atom is 0.193 e. The van der Waals surface area contributed by atoms with Gasteiger partial charge in [-0.3, -0.25) is 4.99 Å². The lowest BCUT2D eigenvalue weighted by atomic mass is 10.1. The highest BCUT2D eigenvalue weighted by atomic mass is 127. The molecular formula is C15H25IN4. The Bertz CT molecular complexity index is 453. The number of likely N-dealkylation sites (N-methyl/N-ethyl adjacent to an activating group) is 1. The minimum atomic E-state index is 0. The van der Waals surface area contributed by atoms with Gasteiger partial charge in [0.05, 0.1) is 6.54 Å². The van der Waals surface area contributed by atoms with E-state index in [-0.39, 0.29) is 24.0 Å². The molecule has 0 spiro atoms. The highest BCUT2D eigenvalue weighted by molar-refractivity contribution is 14.0. The topological polar surface area (TPSA) is 53.6 Å². The van der Waals surface area contributed by atoms with Crippen LogP contribution in [0.2, 0.25) is 0 Å². The summed E-state index contributed by atoms with van der Waals surface area (Å²) in [6.07, 6.45) is 2.48. The smallest absolute Gasteiger partial charge is 0.193 e. The second kappa shape index (κ2) is 7.83. The fourth-order valence-corrected chi connectivity index (χ4v) is 2.65. The molecule has 20 heavy (non-hydrogen) atoms. The molecule has 0 radical (unpaired) electrons. The number of hydrogen-bond acceptors (Lipinski definition) is 2. The lowest BCUT2D eigenvalue weighted by Gasteiger charge is -2.17. The van der Waals surface area contributed by atoms with Crippen LogP contribution in [0.4, 0.5) is 5.69 Å². The van der Waals surface area contributed by atoms with Gasteiger partial charge in [-0.15, -0.1) is 24.0 Å². The summed E-state index contributed by atoms with van der Waals surface area (Å²) in [6.45, 7) is 6.11. The highest BCUT2D eigenvalue weighted by Gasteiger charge is 2.19. The number of hydrogen-bond donors (Lipinski definition) is 2. The predicted molar refractivity (Wildman–Crippen MR) is 97.1 cm³/mol. The van der Waals surface area contributed by atoms with E-state index in [1.807, 2.05) is 0 Å². The quantitative estimate of drug-likeness (QED) is 0.476. The molecule has 1 atom stereocenters. The largest absolute Gasteiger partial charge is 0.370 e. The number of guanidine groups is 1. The Morgan fingerprint density at radius 1 is 1.35 bits per heavy atom. The van der Waals surface area contributed by atoms with Gasteiger partial charge >= 0.3 is 0 Å². The number of benzene rings is 1. The average molecular weight is 388 g/mol. The normalized spacial score (nSPS) is 19.8. The Labute approximate surface area is 138 Å². The zero-order valence-corrected chi connectivity index (χ0v) is 14.8. The van der Waals surface area contributed by atoms with Gasteiger partial charge in [-0.1, -0.05) is 6.07 Å². The molecule has 1 aromatic carbocycles. The SMILES string of the molecule is Cc1cc(C)cc(NC(N)=NCC2CCCN2C)c1.I. The molecule has 1 unspecified atom stereocenters. The van der Waals surface area contributed by atoms with Crippen LogP contribution >= 0.6 is 24.0 Å². The molecule has 3 N–H and O–H groups in total. The third kappa shape index (κ3) is 4.94. The Balaban J connectivity index is 0.00000200. The van der Waals surface area contributed by atoms with E-state index in [1.54, 1.807) is 0 Å². The Morgan fingerprint density at radius 2 is 2.00 bits per heavy atom. The second-order valence-corrected chi connectivity index (χ2v) is 5.50. The number of aliphatic imine (C=N–C) groups is 1. The van der Waals surface area contributed by atoms with Gasteiger partial charge in [0.25, 0.3) is 0 Å². The zero-order chi connectivity index (χ0) is 13.8. The molecule has 1 aliphatic rings. The molecule has 4 nitrogen and oxygen atoms in total. The first-order chi connectivity index (χ1) is 9.04. The fraction of sp³-hybridized carbons (Fsp3) is 0.533. The van der Waals surface area contributed by atoms with Crippen molar-refractivity contribution in [3.8, 4) is 0 Å². The maximum atomic E-state index is 5.95. The van der Waals surface area contributed by atoms with Crippen LogP contribution < -0.4 is 11.1 Å². The summed E-state index contributed by atoms with van der Waals surface area (Å²) in [4.78, 5) is 6.81. The van der Waals surface area contributed by atoms with E-state index < -0.39 is 0 Å². The molecule has 0 amide bonds. The molecule has 0 saturated carbocycles. The summed E-state index contributed by atoms with van der Waals surface area (Å²) in [7, 11) is 2.15. The van der Waals surface area contributed by atoms with E-state index in [4.69, 9.17) is 5.73 Å². The maximum absolute atomic E-state index is 5.95. The molecule has 1 saturated heterocycles. The van der Waals surface area contributed by atoms with Crippen molar-refractivity contribution in [2.75, 3.05) is 25.5 Å². The summed E-state index contributed by atoms with van der Waals surface area (Å²) >= 11 is 0.